The molecule has 0 N–H and O–H groups in total. The third-order valence-electron chi connectivity index (χ3n) is 9.14. The highest BCUT2D eigenvalue weighted by Crippen LogP contribution is 2.74. The molecule has 2 amide bonds. The Morgan fingerprint density at radius 1 is 1.06 bits per heavy atom. The summed E-state index contributed by atoms with van der Waals surface area (Å²) in [6, 6.07) is 5.01. The van der Waals surface area contributed by atoms with Crippen LogP contribution in [0, 0.1) is 11.3 Å². The summed E-state index contributed by atoms with van der Waals surface area (Å²) in [5.74, 6) is -0.787. The minimum Gasteiger partial charge on any atom is -0.495 e. The van der Waals surface area contributed by atoms with Gasteiger partial charge in [-0.15, -0.1) is 0 Å². The summed E-state index contributed by atoms with van der Waals surface area (Å²) >= 11 is 0. The van der Waals surface area contributed by atoms with Gasteiger partial charge >= 0.3 is 12.1 Å². The van der Waals surface area contributed by atoms with Crippen molar-refractivity contribution in [2.75, 3.05) is 32.8 Å². The first-order chi connectivity index (χ1) is 15.8. The van der Waals surface area contributed by atoms with Gasteiger partial charge in [-0.05, 0) is 36.3 Å². The van der Waals surface area contributed by atoms with Crippen LogP contribution in [0.3, 0.4) is 0 Å². The van der Waals surface area contributed by atoms with Gasteiger partial charge in [0.05, 0.1) is 38.5 Å². The normalized spacial score (nSPS) is 37.4. The van der Waals surface area contributed by atoms with Crippen LogP contribution in [0.2, 0.25) is 0 Å². The molecule has 5 atom stereocenters. The Bertz CT molecular complexity index is 1130. The Labute approximate surface area is 190 Å². The highest BCUT2D eigenvalue weighted by molar-refractivity contribution is 6.09. The van der Waals surface area contributed by atoms with E-state index < -0.39 is 34.3 Å². The fraction of sp³-hybridized carbons (Fsp3) is 0.583. The lowest BCUT2D eigenvalue weighted by Crippen LogP contribution is -2.78. The van der Waals surface area contributed by atoms with Gasteiger partial charge in [0.25, 0.3) is 0 Å². The standard InChI is InChI=1S/C24H26N2O7/c1-31-16-6-4-5-13-18(16)26(21(30)33-3)23(20(29)32-2)10-9-22-8-7-17(28)25-12-14(15(27)11-22)24(13,23)19(22)25/h4-6,14,19H,7-12H2,1-3H3/t14?,19-,22-,23-,24-/m1/s1. The number of anilines is 1. The molecule has 174 valence electrons. The maximum atomic E-state index is 13.9. The number of para-hydroxylation sites is 1. The molecule has 5 aliphatic rings. The number of esters is 1. The molecular weight excluding hydrogens is 428 g/mol. The summed E-state index contributed by atoms with van der Waals surface area (Å²) in [4.78, 5) is 57.3. The van der Waals surface area contributed by atoms with Crippen LogP contribution in [0.4, 0.5) is 10.5 Å². The van der Waals surface area contributed by atoms with Crippen LogP contribution in [0.1, 0.15) is 37.7 Å². The molecule has 33 heavy (non-hydrogen) atoms. The molecule has 3 aliphatic heterocycles. The highest BCUT2D eigenvalue weighted by atomic mass is 16.6. The molecule has 9 nitrogen and oxygen atoms in total. The number of ketones is 1. The number of ether oxygens (including phenoxy) is 3. The van der Waals surface area contributed by atoms with Gasteiger partial charge in [-0.3, -0.25) is 14.5 Å². The van der Waals surface area contributed by atoms with Crippen LogP contribution in [0.15, 0.2) is 18.2 Å². The lowest BCUT2D eigenvalue weighted by Gasteiger charge is -2.64. The number of carbonyl (C=O) groups excluding carboxylic acids is 4. The largest absolute Gasteiger partial charge is 0.495 e. The van der Waals surface area contributed by atoms with E-state index in [1.54, 1.807) is 6.07 Å². The number of amides is 2. The molecule has 2 saturated heterocycles. The second-order valence-corrected chi connectivity index (χ2v) is 9.89. The number of hydrogen-bond acceptors (Lipinski definition) is 7. The zero-order chi connectivity index (χ0) is 23.3. The Morgan fingerprint density at radius 3 is 2.55 bits per heavy atom. The second-order valence-electron chi connectivity index (χ2n) is 9.89. The first kappa shape index (κ1) is 20.5. The molecule has 2 saturated carbocycles. The molecule has 0 aromatic heterocycles. The topological polar surface area (TPSA) is 102 Å². The summed E-state index contributed by atoms with van der Waals surface area (Å²) < 4.78 is 16.2. The fourth-order valence-electron chi connectivity index (χ4n) is 8.26. The zero-order valence-electron chi connectivity index (χ0n) is 18.9. The van der Waals surface area contributed by atoms with E-state index in [0.29, 0.717) is 49.1 Å². The van der Waals surface area contributed by atoms with E-state index in [0.717, 1.165) is 0 Å². The smallest absolute Gasteiger partial charge is 0.415 e. The molecule has 2 aliphatic carbocycles. The average molecular weight is 454 g/mol. The molecule has 1 aromatic rings. The Balaban J connectivity index is 1.78. The van der Waals surface area contributed by atoms with E-state index >= 15 is 0 Å². The molecule has 4 bridgehead atoms. The SMILES string of the molecule is COC(=O)N1c2c(OC)cccc2[C@]23C4CN5C(=O)CC[C@@](CC[C@]12C(=O)OC)(CC4=O)[C@@H]53. The van der Waals surface area contributed by atoms with Crippen LogP contribution < -0.4 is 9.64 Å². The summed E-state index contributed by atoms with van der Waals surface area (Å²) in [6.45, 7) is 0.245. The van der Waals surface area contributed by atoms with Gasteiger partial charge in [-0.25, -0.2) is 9.59 Å². The molecule has 6 rings (SSSR count). The number of Topliss-reactive ketones (excluding diaryl/α,β-unsaturated/α-hetero) is 1. The van der Waals surface area contributed by atoms with E-state index in [4.69, 9.17) is 14.2 Å². The third-order valence-corrected chi connectivity index (χ3v) is 9.14. The predicted octanol–water partition coefficient (Wildman–Crippen LogP) is 1.80. The Hall–Kier alpha value is -3.10. The van der Waals surface area contributed by atoms with Gasteiger partial charge in [0.1, 0.15) is 11.5 Å². The highest BCUT2D eigenvalue weighted by Gasteiger charge is 2.85. The lowest BCUT2D eigenvalue weighted by atomic mass is 9.41. The van der Waals surface area contributed by atoms with Crippen molar-refractivity contribution < 1.29 is 33.4 Å². The molecular formula is C24H26N2O7. The molecule has 4 fully saturated rings. The number of nitrogens with zero attached hydrogens (tertiary/aromatic N) is 2. The van der Waals surface area contributed by atoms with Crippen LogP contribution in [0.5, 0.6) is 5.75 Å². The quantitative estimate of drug-likeness (QED) is 0.628. The first-order valence-corrected chi connectivity index (χ1v) is 11.3. The number of benzene rings is 1. The maximum Gasteiger partial charge on any atom is 0.415 e. The molecule has 1 spiro atoms. The van der Waals surface area contributed by atoms with Gasteiger partial charge in [0.2, 0.25) is 5.91 Å². The monoisotopic (exact) mass is 454 g/mol. The zero-order valence-corrected chi connectivity index (χ0v) is 18.9. The van der Waals surface area contributed by atoms with Crippen molar-refractivity contribution in [2.24, 2.45) is 11.3 Å². The fourth-order valence-corrected chi connectivity index (χ4v) is 8.26. The number of carbonyl (C=O) groups is 4. The number of piperidine rings is 1. The van der Waals surface area contributed by atoms with Gasteiger partial charge in [-0.2, -0.15) is 0 Å². The molecule has 0 radical (unpaired) electrons. The van der Waals surface area contributed by atoms with Crippen molar-refractivity contribution in [1.82, 2.24) is 4.90 Å². The van der Waals surface area contributed by atoms with E-state index in [-0.39, 0.29) is 24.3 Å². The summed E-state index contributed by atoms with van der Waals surface area (Å²) in [6.07, 6.45) is 1.51. The van der Waals surface area contributed by atoms with Crippen LogP contribution >= 0.6 is 0 Å². The van der Waals surface area contributed by atoms with Crippen molar-refractivity contribution in [3.8, 4) is 5.75 Å². The summed E-state index contributed by atoms with van der Waals surface area (Å²) in [5.41, 5.74) is -1.97. The van der Waals surface area contributed by atoms with E-state index in [9.17, 15) is 19.2 Å². The molecule has 1 unspecified atom stereocenters. The van der Waals surface area contributed by atoms with Gasteiger partial charge in [0, 0.05) is 25.3 Å². The Kier molecular flexibility index (Phi) is 3.90. The van der Waals surface area contributed by atoms with Crippen molar-refractivity contribution in [3.63, 3.8) is 0 Å². The number of methoxy groups -OCH3 is 3. The van der Waals surface area contributed by atoms with Crippen molar-refractivity contribution >= 4 is 29.4 Å². The van der Waals surface area contributed by atoms with Crippen LogP contribution in [-0.4, -0.2) is 68.1 Å². The van der Waals surface area contributed by atoms with Crippen LogP contribution in [-0.2, 0) is 29.3 Å². The van der Waals surface area contributed by atoms with Crippen molar-refractivity contribution in [1.29, 1.82) is 0 Å². The minimum absolute atomic E-state index is 0.00571. The molecule has 1 aromatic carbocycles. The summed E-state index contributed by atoms with van der Waals surface area (Å²) in [7, 11) is 4.06. The van der Waals surface area contributed by atoms with Crippen molar-refractivity contribution in [2.45, 2.75) is 49.1 Å². The van der Waals surface area contributed by atoms with Gasteiger partial charge < -0.3 is 19.1 Å². The maximum absolute atomic E-state index is 13.9. The lowest BCUT2D eigenvalue weighted by molar-refractivity contribution is -0.170. The number of fused-ring (bicyclic) bond motifs is 1. The van der Waals surface area contributed by atoms with E-state index in [1.807, 2.05) is 17.0 Å². The Morgan fingerprint density at radius 2 is 1.85 bits per heavy atom. The molecule has 3 heterocycles. The average Bonchev–Trinajstić information content (AvgIpc) is 3.30. The van der Waals surface area contributed by atoms with Gasteiger partial charge in [0.15, 0.2) is 5.54 Å². The predicted molar refractivity (Wildman–Crippen MR) is 114 cm³/mol. The van der Waals surface area contributed by atoms with Gasteiger partial charge in [-0.1, -0.05) is 12.1 Å². The van der Waals surface area contributed by atoms with E-state index in [2.05, 4.69) is 0 Å². The number of rotatable bonds is 2. The van der Waals surface area contributed by atoms with Crippen LogP contribution in [0.25, 0.3) is 0 Å². The minimum atomic E-state index is -1.52. The second kappa shape index (κ2) is 6.27. The summed E-state index contributed by atoms with van der Waals surface area (Å²) in [5, 5.41) is 0. The third kappa shape index (κ3) is 1.94. The number of hydrogen-bond donors (Lipinski definition) is 0. The molecule has 9 heteroatoms. The first-order valence-electron chi connectivity index (χ1n) is 11.3. The van der Waals surface area contributed by atoms with Crippen molar-refractivity contribution in [3.05, 3.63) is 23.8 Å². The van der Waals surface area contributed by atoms with E-state index in [1.165, 1.54) is 26.2 Å².